The highest BCUT2D eigenvalue weighted by molar-refractivity contribution is 7.92. The Hall–Kier alpha value is -3.50. The molecule has 10 nitrogen and oxygen atoms in total. The first-order chi connectivity index (χ1) is 19.0. The zero-order valence-corrected chi connectivity index (χ0v) is 22.8. The van der Waals surface area contributed by atoms with Gasteiger partial charge in [0.1, 0.15) is 11.5 Å². The predicted molar refractivity (Wildman–Crippen MR) is 148 cm³/mol. The number of halogens is 2. The first-order valence-corrected chi connectivity index (χ1v) is 15.0. The van der Waals surface area contributed by atoms with Crippen LogP contribution >= 0.6 is 0 Å². The summed E-state index contributed by atoms with van der Waals surface area (Å²) in [5, 5.41) is 11.8. The summed E-state index contributed by atoms with van der Waals surface area (Å²) in [6, 6.07) is 6.10. The van der Waals surface area contributed by atoms with Crippen molar-refractivity contribution in [2.24, 2.45) is 5.41 Å². The van der Waals surface area contributed by atoms with Gasteiger partial charge in [-0.1, -0.05) is 0 Å². The molecule has 2 aliphatic heterocycles. The number of nitrogens with one attached hydrogen (secondary N) is 2. The molecule has 214 valence electrons. The maximum Gasteiger partial charge on any atom is 0.258 e. The van der Waals surface area contributed by atoms with E-state index in [1.807, 2.05) is 0 Å². The normalized spacial score (nSPS) is 19.6. The summed E-state index contributed by atoms with van der Waals surface area (Å²) < 4.78 is 54.3. The van der Waals surface area contributed by atoms with Crippen molar-refractivity contribution in [2.75, 3.05) is 58.4 Å². The topological polar surface area (TPSA) is 128 Å². The summed E-state index contributed by atoms with van der Waals surface area (Å²) in [5.41, 5.74) is 1.77. The van der Waals surface area contributed by atoms with E-state index >= 15 is 0 Å². The van der Waals surface area contributed by atoms with Crippen molar-refractivity contribution in [3.05, 3.63) is 35.5 Å². The fraction of sp³-hybridized carbons (Fsp3) is 0.519. The number of aromatic nitrogens is 2. The largest absolute Gasteiger partial charge is 0.395 e. The Balaban J connectivity index is 1.41. The second-order valence-electron chi connectivity index (χ2n) is 10.7. The lowest BCUT2D eigenvalue weighted by molar-refractivity contribution is -0.0222. The zero-order chi connectivity index (χ0) is 28.5. The van der Waals surface area contributed by atoms with Gasteiger partial charge in [-0.25, -0.2) is 22.2 Å². The van der Waals surface area contributed by atoms with Crippen LogP contribution < -0.4 is 19.8 Å². The van der Waals surface area contributed by atoms with E-state index in [1.165, 1.54) is 25.0 Å². The lowest BCUT2D eigenvalue weighted by atomic mass is 9.93. The molecule has 3 N–H and O–H groups in total. The molecule has 1 aromatic carbocycles. The van der Waals surface area contributed by atoms with Crippen LogP contribution in [0.2, 0.25) is 0 Å². The van der Waals surface area contributed by atoms with E-state index in [0.717, 1.165) is 25.9 Å². The number of piperidine rings is 2. The number of nitrogens with zero attached hydrogens (tertiary/aromatic N) is 4. The maximum absolute atomic E-state index is 13.7. The van der Waals surface area contributed by atoms with Gasteiger partial charge in [0, 0.05) is 45.1 Å². The molecule has 0 unspecified atom stereocenters. The minimum atomic E-state index is -3.76. The van der Waals surface area contributed by atoms with Crippen LogP contribution in [0.25, 0.3) is 0 Å². The van der Waals surface area contributed by atoms with Crippen molar-refractivity contribution in [1.82, 2.24) is 9.97 Å². The number of rotatable bonds is 8. The summed E-state index contributed by atoms with van der Waals surface area (Å²) in [5.74, 6) is -0.939. The minimum Gasteiger partial charge on any atom is -0.395 e. The van der Waals surface area contributed by atoms with Gasteiger partial charge in [-0.3, -0.25) is 9.52 Å². The molecular weight excluding hydrogens is 542 g/mol. The molecule has 2 aromatic rings. The number of carbonyl (C=O) groups is 1. The Kier molecular flexibility index (Phi) is 7.58. The van der Waals surface area contributed by atoms with Gasteiger partial charge in [-0.05, 0) is 55.2 Å². The third-order valence-corrected chi connectivity index (χ3v) is 9.15. The van der Waals surface area contributed by atoms with E-state index in [9.17, 15) is 22.0 Å². The number of aliphatic hydroxyl groups excluding tert-OH is 1. The van der Waals surface area contributed by atoms with Crippen molar-refractivity contribution >= 4 is 39.1 Å². The number of carbonyl (C=O) groups excluding carboxylic acids is 1. The fourth-order valence-corrected chi connectivity index (χ4v) is 6.06. The van der Waals surface area contributed by atoms with Crippen molar-refractivity contribution in [2.45, 2.75) is 44.4 Å². The van der Waals surface area contributed by atoms with Crippen LogP contribution in [0.3, 0.4) is 0 Å². The first kappa shape index (κ1) is 28.0. The van der Waals surface area contributed by atoms with Crippen LogP contribution in [0.5, 0.6) is 0 Å². The molecule has 5 rings (SSSR count). The van der Waals surface area contributed by atoms with Crippen molar-refractivity contribution in [3.63, 3.8) is 0 Å². The monoisotopic (exact) mass is 574 g/mol. The Labute approximate surface area is 232 Å². The summed E-state index contributed by atoms with van der Waals surface area (Å²) in [6.45, 7) is 1.06. The number of aliphatic hydroxyl groups is 1. The number of anilines is 4. The number of benzene rings is 1. The number of alkyl halides is 2. The van der Waals surface area contributed by atoms with Crippen LogP contribution in [-0.2, 0) is 10.0 Å². The number of hydrogen-bond donors (Lipinski definition) is 3. The standard InChI is InChI=1S/C27H32F2N6O4S/c1-2-19-18-23(32-25(30-19)35-13-9-27(28,29)10-14-35)31-24(37)21-4-3-20(33-40(38,39)16-15-36)17-22(21)34-11-7-26(5-6-26)8-12-34/h1,3-4,17-18,33,36H,5-16H2,(H,30,31,32,37). The third-order valence-electron chi connectivity index (χ3n) is 7.88. The molecule has 1 spiro atoms. The van der Waals surface area contributed by atoms with Crippen molar-refractivity contribution in [1.29, 1.82) is 0 Å². The molecule has 1 amide bonds. The summed E-state index contributed by atoms with van der Waals surface area (Å²) in [4.78, 5) is 25.9. The van der Waals surface area contributed by atoms with E-state index in [2.05, 4.69) is 30.8 Å². The van der Waals surface area contributed by atoms with Crippen molar-refractivity contribution < 1.29 is 27.1 Å². The molecule has 0 radical (unpaired) electrons. The molecule has 0 atom stereocenters. The van der Waals surface area contributed by atoms with Gasteiger partial charge in [-0.2, -0.15) is 4.98 Å². The Morgan fingerprint density at radius 2 is 1.70 bits per heavy atom. The van der Waals surface area contributed by atoms with Crippen molar-refractivity contribution in [3.8, 4) is 12.3 Å². The van der Waals surface area contributed by atoms with Crippen LogP contribution in [0, 0.1) is 17.8 Å². The summed E-state index contributed by atoms with van der Waals surface area (Å²) in [6.07, 6.45) is 9.31. The van der Waals surface area contributed by atoms with Crippen LogP contribution in [0.15, 0.2) is 24.3 Å². The number of hydrogen-bond acceptors (Lipinski definition) is 8. The molecule has 13 heteroatoms. The number of sulfonamides is 1. The molecule has 3 fully saturated rings. The summed E-state index contributed by atoms with van der Waals surface area (Å²) >= 11 is 0. The molecule has 0 bridgehead atoms. The summed E-state index contributed by atoms with van der Waals surface area (Å²) in [7, 11) is -3.76. The molecular formula is C27H32F2N6O4S. The van der Waals surface area contributed by atoms with Gasteiger partial charge in [0.2, 0.25) is 16.0 Å². The Bertz CT molecular complexity index is 1420. The minimum absolute atomic E-state index is 0.0582. The maximum atomic E-state index is 13.7. The third kappa shape index (κ3) is 6.45. The van der Waals surface area contributed by atoms with E-state index in [-0.39, 0.29) is 49.1 Å². The molecule has 3 aliphatic rings. The van der Waals surface area contributed by atoms with Gasteiger partial charge in [0.15, 0.2) is 0 Å². The van der Waals surface area contributed by atoms with E-state index in [1.54, 1.807) is 17.0 Å². The molecule has 2 saturated heterocycles. The lowest BCUT2D eigenvalue weighted by Gasteiger charge is -2.35. The predicted octanol–water partition coefficient (Wildman–Crippen LogP) is 3.06. The average Bonchev–Trinajstić information content (AvgIpc) is 3.67. The quantitative estimate of drug-likeness (QED) is 0.411. The Morgan fingerprint density at radius 3 is 2.33 bits per heavy atom. The van der Waals surface area contributed by atoms with Gasteiger partial charge < -0.3 is 20.2 Å². The van der Waals surface area contributed by atoms with Crippen LogP contribution in [-0.4, -0.2) is 73.9 Å². The number of terminal acetylenes is 1. The molecule has 3 heterocycles. The van der Waals surface area contributed by atoms with E-state index < -0.39 is 34.2 Å². The van der Waals surface area contributed by atoms with Crippen LogP contribution in [0.4, 0.5) is 31.9 Å². The molecule has 40 heavy (non-hydrogen) atoms. The highest BCUT2D eigenvalue weighted by Gasteiger charge is 2.44. The molecule has 1 aromatic heterocycles. The van der Waals surface area contributed by atoms with Crippen LogP contribution in [0.1, 0.15) is 54.6 Å². The smallest absolute Gasteiger partial charge is 0.258 e. The average molecular weight is 575 g/mol. The zero-order valence-electron chi connectivity index (χ0n) is 22.0. The van der Waals surface area contributed by atoms with E-state index in [4.69, 9.17) is 11.5 Å². The Morgan fingerprint density at radius 1 is 1.02 bits per heavy atom. The first-order valence-electron chi connectivity index (χ1n) is 13.3. The highest BCUT2D eigenvalue weighted by Crippen LogP contribution is 2.54. The number of amides is 1. The van der Waals surface area contributed by atoms with Gasteiger partial charge in [0.25, 0.3) is 11.8 Å². The fourth-order valence-electron chi connectivity index (χ4n) is 5.23. The van der Waals surface area contributed by atoms with Gasteiger partial charge in [0.05, 0.1) is 29.3 Å². The molecule has 1 saturated carbocycles. The second-order valence-corrected chi connectivity index (χ2v) is 12.6. The SMILES string of the molecule is C#Cc1cc(NC(=O)c2ccc(NS(=O)(=O)CCO)cc2N2CCC3(CC2)CC3)nc(N2CCC(F)(F)CC2)n1. The second kappa shape index (κ2) is 10.8. The lowest BCUT2D eigenvalue weighted by Crippen LogP contribution is -2.40. The highest BCUT2D eigenvalue weighted by atomic mass is 32.2. The van der Waals surface area contributed by atoms with Gasteiger partial charge >= 0.3 is 0 Å². The molecule has 1 aliphatic carbocycles. The van der Waals surface area contributed by atoms with Gasteiger partial charge in [-0.15, -0.1) is 6.42 Å². The van der Waals surface area contributed by atoms with E-state index in [0.29, 0.717) is 16.7 Å².